The van der Waals surface area contributed by atoms with E-state index < -0.39 is 5.97 Å². The number of H-pyrrole nitrogens is 1. The average Bonchev–Trinajstić information content (AvgIpc) is 3.26. The number of carbonyl (C=O) groups is 2. The Morgan fingerprint density at radius 3 is 2.76 bits per heavy atom. The second kappa shape index (κ2) is 6.88. The number of nitrogens with one attached hydrogen (secondary N) is 1. The summed E-state index contributed by atoms with van der Waals surface area (Å²) < 4.78 is 6.94. The van der Waals surface area contributed by atoms with Crippen molar-refractivity contribution in [3.05, 3.63) is 46.5 Å². The van der Waals surface area contributed by atoms with E-state index in [1.165, 1.54) is 12.8 Å². The molecule has 6 nitrogen and oxygen atoms in total. The Hall–Kier alpha value is -2.34. The number of esters is 1. The summed E-state index contributed by atoms with van der Waals surface area (Å²) in [5, 5.41) is 0. The quantitative estimate of drug-likeness (QED) is 0.670. The first-order valence-electron chi connectivity index (χ1n) is 8.60. The number of aromatic amines is 1. The largest absolute Gasteiger partial charge is 0.465 e. The molecule has 1 atom stereocenters. The highest BCUT2D eigenvalue weighted by atomic mass is 16.5. The number of aromatic nitrogens is 2. The third-order valence-electron chi connectivity index (χ3n) is 5.14. The van der Waals surface area contributed by atoms with E-state index in [0.29, 0.717) is 29.1 Å². The van der Waals surface area contributed by atoms with Crippen LogP contribution in [0.1, 0.15) is 56.7 Å². The number of hydrogen-bond donors (Lipinski definition) is 1. The van der Waals surface area contributed by atoms with Crippen LogP contribution in [-0.4, -0.2) is 46.4 Å². The molecular weight excluding hydrogens is 318 g/mol. The van der Waals surface area contributed by atoms with E-state index in [2.05, 4.69) is 20.5 Å². The third kappa shape index (κ3) is 3.14. The van der Waals surface area contributed by atoms with Gasteiger partial charge in [0.15, 0.2) is 5.78 Å². The standard InChI is InChI=1S/C19H25N3O3/c1-12-17(19(24)25-4)13(2)20-18(12)16(23)11-22-10-6-8-15(22)14-7-5-9-21(14)3/h5,7,9,15,20H,6,8,10-11H2,1-4H3/t15-/m0/s1. The van der Waals surface area contributed by atoms with Crippen molar-refractivity contribution in [3.63, 3.8) is 0 Å². The summed E-state index contributed by atoms with van der Waals surface area (Å²) in [6.07, 6.45) is 4.18. The number of rotatable bonds is 5. The van der Waals surface area contributed by atoms with Gasteiger partial charge in [-0.1, -0.05) is 0 Å². The molecule has 3 rings (SSSR count). The number of likely N-dealkylation sites (tertiary alicyclic amines) is 1. The second-order valence-electron chi connectivity index (χ2n) is 6.71. The second-order valence-corrected chi connectivity index (χ2v) is 6.71. The van der Waals surface area contributed by atoms with Crippen LogP contribution >= 0.6 is 0 Å². The maximum atomic E-state index is 12.9. The molecule has 0 bridgehead atoms. The van der Waals surface area contributed by atoms with Crippen molar-refractivity contribution in [2.24, 2.45) is 7.05 Å². The van der Waals surface area contributed by atoms with Crippen LogP contribution in [-0.2, 0) is 11.8 Å². The molecule has 1 aliphatic heterocycles. The molecule has 0 amide bonds. The Labute approximate surface area is 147 Å². The van der Waals surface area contributed by atoms with Gasteiger partial charge < -0.3 is 14.3 Å². The predicted molar refractivity (Wildman–Crippen MR) is 94.9 cm³/mol. The lowest BCUT2D eigenvalue weighted by atomic mass is 10.1. The molecule has 2 aromatic rings. The number of Topliss-reactive ketones (excluding diaryl/α,β-unsaturated/α-hetero) is 1. The molecule has 0 unspecified atom stereocenters. The minimum absolute atomic E-state index is 0.0110. The van der Waals surface area contributed by atoms with Gasteiger partial charge in [-0.05, 0) is 50.9 Å². The molecule has 0 radical (unpaired) electrons. The van der Waals surface area contributed by atoms with Gasteiger partial charge in [-0.25, -0.2) is 4.79 Å². The number of hydrogen-bond acceptors (Lipinski definition) is 4. The Bertz CT molecular complexity index is 803. The van der Waals surface area contributed by atoms with Crippen molar-refractivity contribution < 1.29 is 14.3 Å². The molecular formula is C19H25N3O3. The molecule has 0 aromatic carbocycles. The molecule has 1 saturated heterocycles. The van der Waals surface area contributed by atoms with Crippen molar-refractivity contribution in [2.45, 2.75) is 32.7 Å². The Morgan fingerprint density at radius 1 is 1.36 bits per heavy atom. The van der Waals surface area contributed by atoms with Gasteiger partial charge in [0, 0.05) is 24.6 Å². The minimum atomic E-state index is -0.409. The van der Waals surface area contributed by atoms with Crippen LogP contribution in [0.25, 0.3) is 0 Å². The summed E-state index contributed by atoms with van der Waals surface area (Å²) in [4.78, 5) is 30.1. The Balaban J connectivity index is 1.81. The van der Waals surface area contributed by atoms with Gasteiger partial charge in [0.25, 0.3) is 0 Å². The molecule has 1 N–H and O–H groups in total. The molecule has 0 spiro atoms. The van der Waals surface area contributed by atoms with E-state index in [1.54, 1.807) is 13.8 Å². The van der Waals surface area contributed by atoms with Crippen molar-refractivity contribution >= 4 is 11.8 Å². The van der Waals surface area contributed by atoms with Crippen molar-refractivity contribution in [1.29, 1.82) is 0 Å². The highest BCUT2D eigenvalue weighted by molar-refractivity contribution is 6.02. The summed E-state index contributed by atoms with van der Waals surface area (Å²) in [5.74, 6) is -0.398. The first kappa shape index (κ1) is 17.5. The van der Waals surface area contributed by atoms with Gasteiger partial charge in [-0.15, -0.1) is 0 Å². The molecule has 0 saturated carbocycles. The van der Waals surface area contributed by atoms with Crippen molar-refractivity contribution in [1.82, 2.24) is 14.5 Å². The van der Waals surface area contributed by atoms with Gasteiger partial charge in [0.1, 0.15) is 0 Å². The van der Waals surface area contributed by atoms with E-state index in [-0.39, 0.29) is 11.8 Å². The Morgan fingerprint density at radius 2 is 2.12 bits per heavy atom. The molecule has 25 heavy (non-hydrogen) atoms. The number of ether oxygens (including phenoxy) is 1. The summed E-state index contributed by atoms with van der Waals surface area (Å²) in [5.41, 5.74) is 3.55. The van der Waals surface area contributed by atoms with Crippen LogP contribution in [0.2, 0.25) is 0 Å². The lowest BCUT2D eigenvalue weighted by molar-refractivity contribution is 0.0599. The van der Waals surface area contributed by atoms with Crippen molar-refractivity contribution in [3.8, 4) is 0 Å². The zero-order valence-electron chi connectivity index (χ0n) is 15.3. The fourth-order valence-electron chi connectivity index (χ4n) is 3.87. The van der Waals surface area contributed by atoms with E-state index in [4.69, 9.17) is 4.74 Å². The van der Waals surface area contributed by atoms with Crippen LogP contribution in [0.3, 0.4) is 0 Å². The molecule has 134 valence electrons. The Kier molecular flexibility index (Phi) is 4.81. The van der Waals surface area contributed by atoms with E-state index in [9.17, 15) is 9.59 Å². The summed E-state index contributed by atoms with van der Waals surface area (Å²) >= 11 is 0. The van der Waals surface area contributed by atoms with Gasteiger partial charge in [0.05, 0.1) is 31.0 Å². The number of carbonyl (C=O) groups excluding carboxylic acids is 2. The fourth-order valence-corrected chi connectivity index (χ4v) is 3.87. The van der Waals surface area contributed by atoms with Gasteiger partial charge in [0.2, 0.25) is 0 Å². The smallest absolute Gasteiger partial charge is 0.339 e. The molecule has 1 fully saturated rings. The maximum absolute atomic E-state index is 12.9. The monoisotopic (exact) mass is 343 g/mol. The van der Waals surface area contributed by atoms with Crippen LogP contribution < -0.4 is 0 Å². The zero-order chi connectivity index (χ0) is 18.1. The van der Waals surface area contributed by atoms with Gasteiger partial charge in [-0.2, -0.15) is 0 Å². The lowest BCUT2D eigenvalue weighted by Gasteiger charge is -2.24. The number of ketones is 1. The summed E-state index contributed by atoms with van der Waals surface area (Å²) in [6.45, 7) is 4.84. The average molecular weight is 343 g/mol. The molecule has 6 heteroatoms. The third-order valence-corrected chi connectivity index (χ3v) is 5.14. The lowest BCUT2D eigenvalue weighted by Crippen LogP contribution is -2.31. The van der Waals surface area contributed by atoms with Crippen LogP contribution in [0.5, 0.6) is 0 Å². The molecule has 1 aliphatic rings. The van der Waals surface area contributed by atoms with E-state index in [1.807, 2.05) is 19.3 Å². The summed E-state index contributed by atoms with van der Waals surface area (Å²) in [6, 6.07) is 4.42. The minimum Gasteiger partial charge on any atom is -0.465 e. The van der Waals surface area contributed by atoms with Crippen LogP contribution in [0, 0.1) is 13.8 Å². The highest BCUT2D eigenvalue weighted by Gasteiger charge is 2.31. The fraction of sp³-hybridized carbons (Fsp3) is 0.474. The normalized spacial score (nSPS) is 17.8. The topological polar surface area (TPSA) is 67.3 Å². The van der Waals surface area contributed by atoms with E-state index >= 15 is 0 Å². The van der Waals surface area contributed by atoms with Crippen LogP contribution in [0.15, 0.2) is 18.3 Å². The molecule has 2 aromatic heterocycles. The zero-order valence-corrected chi connectivity index (χ0v) is 15.3. The number of aryl methyl sites for hydroxylation is 2. The number of nitrogens with zero attached hydrogens (tertiary/aromatic N) is 2. The van der Waals surface area contributed by atoms with Crippen LogP contribution in [0.4, 0.5) is 0 Å². The van der Waals surface area contributed by atoms with Gasteiger partial charge >= 0.3 is 5.97 Å². The first-order valence-corrected chi connectivity index (χ1v) is 8.60. The summed E-state index contributed by atoms with van der Waals surface area (Å²) in [7, 11) is 3.39. The first-order chi connectivity index (χ1) is 11.9. The van der Waals surface area contributed by atoms with E-state index in [0.717, 1.165) is 19.4 Å². The van der Waals surface area contributed by atoms with Crippen molar-refractivity contribution in [2.75, 3.05) is 20.2 Å². The molecule has 3 heterocycles. The molecule has 0 aliphatic carbocycles. The maximum Gasteiger partial charge on any atom is 0.339 e. The highest BCUT2D eigenvalue weighted by Crippen LogP contribution is 2.32. The predicted octanol–water partition coefficient (Wildman–Crippen LogP) is 2.78. The van der Waals surface area contributed by atoms with Gasteiger partial charge in [-0.3, -0.25) is 9.69 Å². The number of methoxy groups -OCH3 is 1. The SMILES string of the molecule is COC(=O)c1c(C)[nH]c(C(=O)CN2CCC[C@H]2c2cccn2C)c1C.